The minimum atomic E-state index is -0.506. The molecule has 0 unspecified atom stereocenters. The molecule has 0 amide bonds. The Hall–Kier alpha value is 0.110. The fraction of sp³-hybridized carbons (Fsp3) is 1.00. The van der Waals surface area contributed by atoms with Crippen LogP contribution in [0.5, 0.6) is 0 Å². The van der Waals surface area contributed by atoms with E-state index in [0.29, 0.717) is 6.04 Å². The van der Waals surface area contributed by atoms with Crippen molar-refractivity contribution in [2.45, 2.75) is 44.6 Å². The Bertz CT molecular complexity index is 193. The molecule has 2 nitrogen and oxygen atoms in total. The zero-order valence-corrected chi connectivity index (χ0v) is 9.65. The average Bonchev–Trinajstić information content (AvgIpc) is 2.12. The molecule has 1 heterocycles. The predicted octanol–water partition coefficient (Wildman–Crippen LogP) is 1.68. The Morgan fingerprint density at radius 1 is 1.14 bits per heavy atom. The van der Waals surface area contributed by atoms with E-state index in [1.165, 1.54) is 32.2 Å². The SMILES string of the molecule is O=S1CCC(NCCC2CCC2)CC1. The summed E-state index contributed by atoms with van der Waals surface area (Å²) in [6, 6.07) is 0.660. The highest BCUT2D eigenvalue weighted by atomic mass is 32.2. The van der Waals surface area contributed by atoms with Crippen molar-refractivity contribution < 1.29 is 4.21 Å². The van der Waals surface area contributed by atoms with E-state index in [2.05, 4.69) is 5.32 Å². The number of nitrogens with one attached hydrogen (secondary N) is 1. The van der Waals surface area contributed by atoms with Crippen LogP contribution in [0, 0.1) is 5.92 Å². The second kappa shape index (κ2) is 5.26. The maximum absolute atomic E-state index is 11.1. The van der Waals surface area contributed by atoms with Crippen LogP contribution in [-0.4, -0.2) is 28.3 Å². The van der Waals surface area contributed by atoms with Gasteiger partial charge in [0.05, 0.1) is 0 Å². The van der Waals surface area contributed by atoms with Gasteiger partial charge >= 0.3 is 0 Å². The maximum Gasteiger partial charge on any atom is 0.0249 e. The van der Waals surface area contributed by atoms with E-state index in [0.717, 1.165) is 30.3 Å². The molecule has 1 aliphatic carbocycles. The van der Waals surface area contributed by atoms with E-state index in [9.17, 15) is 4.21 Å². The van der Waals surface area contributed by atoms with E-state index in [-0.39, 0.29) is 0 Å². The highest BCUT2D eigenvalue weighted by Crippen LogP contribution is 2.28. The van der Waals surface area contributed by atoms with Gasteiger partial charge in [0.25, 0.3) is 0 Å². The zero-order valence-electron chi connectivity index (χ0n) is 8.84. The highest BCUT2D eigenvalue weighted by molar-refractivity contribution is 7.85. The van der Waals surface area contributed by atoms with Gasteiger partial charge in [-0.05, 0) is 31.7 Å². The minimum absolute atomic E-state index is 0.506. The third-order valence-electron chi connectivity index (χ3n) is 3.60. The van der Waals surface area contributed by atoms with Gasteiger partial charge in [0.2, 0.25) is 0 Å². The van der Waals surface area contributed by atoms with Crippen LogP contribution in [0.3, 0.4) is 0 Å². The van der Waals surface area contributed by atoms with Crippen molar-refractivity contribution in [3.8, 4) is 0 Å². The van der Waals surface area contributed by atoms with Crippen LogP contribution < -0.4 is 5.32 Å². The normalized spacial score (nSPS) is 34.0. The van der Waals surface area contributed by atoms with Crippen LogP contribution in [0.25, 0.3) is 0 Å². The van der Waals surface area contributed by atoms with Crippen molar-refractivity contribution >= 4 is 10.8 Å². The Balaban J connectivity index is 1.54. The molecule has 0 radical (unpaired) electrons. The van der Waals surface area contributed by atoms with Crippen LogP contribution in [0.2, 0.25) is 0 Å². The summed E-state index contributed by atoms with van der Waals surface area (Å²) in [5, 5.41) is 3.61. The second-order valence-corrected chi connectivity index (χ2v) is 6.36. The molecular weight excluding hydrogens is 194 g/mol. The molecule has 1 aliphatic heterocycles. The van der Waals surface area contributed by atoms with Crippen molar-refractivity contribution in [3.63, 3.8) is 0 Å². The van der Waals surface area contributed by atoms with Gasteiger partial charge in [-0.2, -0.15) is 0 Å². The number of hydrogen-bond donors (Lipinski definition) is 1. The van der Waals surface area contributed by atoms with Gasteiger partial charge in [-0.25, -0.2) is 0 Å². The summed E-state index contributed by atoms with van der Waals surface area (Å²) in [7, 11) is -0.506. The number of hydrogen-bond acceptors (Lipinski definition) is 2. The first-order valence-electron chi connectivity index (χ1n) is 5.93. The maximum atomic E-state index is 11.1. The first-order chi connectivity index (χ1) is 6.84. The summed E-state index contributed by atoms with van der Waals surface area (Å²) < 4.78 is 11.1. The molecule has 1 N–H and O–H groups in total. The summed E-state index contributed by atoms with van der Waals surface area (Å²) in [6.45, 7) is 1.18. The van der Waals surface area contributed by atoms with Crippen molar-refractivity contribution in [2.24, 2.45) is 5.92 Å². The lowest BCUT2D eigenvalue weighted by Gasteiger charge is -2.27. The molecule has 2 aliphatic rings. The molecular formula is C11H21NOS. The zero-order chi connectivity index (χ0) is 9.80. The van der Waals surface area contributed by atoms with Crippen LogP contribution in [0.4, 0.5) is 0 Å². The summed E-state index contributed by atoms with van der Waals surface area (Å²) in [6.07, 6.45) is 7.97. The van der Waals surface area contributed by atoms with E-state index in [1.807, 2.05) is 0 Å². The fourth-order valence-corrected chi connectivity index (χ4v) is 3.57. The topological polar surface area (TPSA) is 29.1 Å². The molecule has 0 aromatic heterocycles. The Labute approximate surface area is 89.3 Å². The smallest absolute Gasteiger partial charge is 0.0249 e. The third-order valence-corrected chi connectivity index (χ3v) is 4.98. The lowest BCUT2D eigenvalue weighted by molar-refractivity contribution is 0.285. The molecule has 3 heteroatoms. The van der Waals surface area contributed by atoms with Gasteiger partial charge in [-0.3, -0.25) is 4.21 Å². The molecule has 2 rings (SSSR count). The monoisotopic (exact) mass is 215 g/mol. The molecule has 82 valence electrons. The summed E-state index contributed by atoms with van der Waals surface area (Å²) in [5.74, 6) is 2.85. The van der Waals surface area contributed by atoms with Gasteiger partial charge in [-0.1, -0.05) is 19.3 Å². The van der Waals surface area contributed by atoms with E-state index < -0.39 is 10.8 Å². The molecule has 0 aromatic rings. The van der Waals surface area contributed by atoms with Crippen molar-refractivity contribution in [3.05, 3.63) is 0 Å². The van der Waals surface area contributed by atoms with Gasteiger partial charge in [0.15, 0.2) is 0 Å². The van der Waals surface area contributed by atoms with Crippen molar-refractivity contribution in [1.29, 1.82) is 0 Å². The largest absolute Gasteiger partial charge is 0.314 e. The predicted molar refractivity (Wildman–Crippen MR) is 60.9 cm³/mol. The first-order valence-corrected chi connectivity index (χ1v) is 7.42. The summed E-state index contributed by atoms with van der Waals surface area (Å²) >= 11 is 0. The summed E-state index contributed by atoms with van der Waals surface area (Å²) in [4.78, 5) is 0. The van der Waals surface area contributed by atoms with E-state index in [1.54, 1.807) is 0 Å². The molecule has 0 aromatic carbocycles. The molecule has 0 atom stereocenters. The van der Waals surface area contributed by atoms with Crippen molar-refractivity contribution in [1.82, 2.24) is 5.32 Å². The second-order valence-electron chi connectivity index (χ2n) is 4.66. The molecule has 0 spiro atoms. The standard InChI is InChI=1S/C11H21NOS/c13-14-8-5-11(6-9-14)12-7-4-10-2-1-3-10/h10-12H,1-9H2. The Morgan fingerprint density at radius 2 is 1.86 bits per heavy atom. The lowest BCUT2D eigenvalue weighted by atomic mass is 9.83. The Morgan fingerprint density at radius 3 is 2.43 bits per heavy atom. The molecule has 2 fully saturated rings. The van der Waals surface area contributed by atoms with Gasteiger partial charge in [0.1, 0.15) is 0 Å². The fourth-order valence-electron chi connectivity index (χ4n) is 2.27. The van der Waals surface area contributed by atoms with Gasteiger partial charge in [0, 0.05) is 28.3 Å². The van der Waals surface area contributed by atoms with E-state index in [4.69, 9.17) is 0 Å². The summed E-state index contributed by atoms with van der Waals surface area (Å²) in [5.41, 5.74) is 0. The highest BCUT2D eigenvalue weighted by Gasteiger charge is 2.19. The molecule has 1 saturated heterocycles. The minimum Gasteiger partial charge on any atom is -0.314 e. The molecule has 14 heavy (non-hydrogen) atoms. The van der Waals surface area contributed by atoms with Gasteiger partial charge in [-0.15, -0.1) is 0 Å². The third kappa shape index (κ3) is 3.06. The number of rotatable bonds is 4. The quantitative estimate of drug-likeness (QED) is 0.773. The van der Waals surface area contributed by atoms with E-state index >= 15 is 0 Å². The van der Waals surface area contributed by atoms with Crippen LogP contribution in [0.1, 0.15) is 38.5 Å². The lowest BCUT2D eigenvalue weighted by Crippen LogP contribution is -2.37. The van der Waals surface area contributed by atoms with Crippen LogP contribution in [0.15, 0.2) is 0 Å². The Kier molecular flexibility index (Phi) is 3.99. The molecule has 0 bridgehead atoms. The van der Waals surface area contributed by atoms with Gasteiger partial charge < -0.3 is 5.32 Å². The van der Waals surface area contributed by atoms with Crippen LogP contribution >= 0.6 is 0 Å². The van der Waals surface area contributed by atoms with Crippen molar-refractivity contribution in [2.75, 3.05) is 18.1 Å². The molecule has 1 saturated carbocycles. The average molecular weight is 215 g/mol. The first kappa shape index (κ1) is 10.6. The van der Waals surface area contributed by atoms with Crippen LogP contribution in [-0.2, 0) is 10.8 Å².